The molecule has 1 fully saturated rings. The fraction of sp³-hybridized carbons (Fsp3) is 0.231. The Balaban J connectivity index is 1.32. The van der Waals surface area contributed by atoms with Gasteiger partial charge in [0.2, 0.25) is 5.91 Å². The molecule has 164 valence electrons. The number of benzene rings is 3. The van der Waals surface area contributed by atoms with E-state index in [2.05, 4.69) is 33.0 Å². The van der Waals surface area contributed by atoms with E-state index >= 15 is 0 Å². The van der Waals surface area contributed by atoms with Crippen molar-refractivity contribution in [1.82, 2.24) is 0 Å². The van der Waals surface area contributed by atoms with Gasteiger partial charge in [-0.25, -0.2) is 0 Å². The van der Waals surface area contributed by atoms with Crippen LogP contribution < -0.4 is 20.9 Å². The summed E-state index contributed by atoms with van der Waals surface area (Å²) in [5, 5.41) is 9.04. The molecule has 0 atom stereocenters. The van der Waals surface area contributed by atoms with Crippen molar-refractivity contribution < 1.29 is 9.59 Å². The number of hydrogen-bond donors (Lipinski definition) is 3. The third-order valence-corrected chi connectivity index (χ3v) is 5.68. The Bertz CT molecular complexity index is 1070. The summed E-state index contributed by atoms with van der Waals surface area (Å²) in [5.74, 6) is -0.294. The van der Waals surface area contributed by atoms with Crippen molar-refractivity contribution in [2.24, 2.45) is 0 Å². The van der Waals surface area contributed by atoms with E-state index in [1.165, 1.54) is 18.5 Å². The van der Waals surface area contributed by atoms with Gasteiger partial charge in [-0.15, -0.1) is 0 Å². The standard InChI is InChI=1S/C26H28N4O2/c1-19-23(10-7-11-24(19)29-26(32)20-8-3-2-4-9-20)27-18-25(31)28-21-12-14-22(15-13-21)30-16-5-6-17-30/h2-4,7-15,27H,5-6,16-18H2,1H3,(H,28,31)(H,29,32). The van der Waals surface area contributed by atoms with E-state index in [0.717, 1.165) is 30.0 Å². The van der Waals surface area contributed by atoms with Crippen LogP contribution in [0.5, 0.6) is 0 Å². The van der Waals surface area contributed by atoms with E-state index in [4.69, 9.17) is 0 Å². The largest absolute Gasteiger partial charge is 0.376 e. The Morgan fingerprint density at radius 1 is 0.812 bits per heavy atom. The lowest BCUT2D eigenvalue weighted by Gasteiger charge is -2.18. The predicted octanol–water partition coefficient (Wildman–Crippen LogP) is 4.90. The van der Waals surface area contributed by atoms with Crippen LogP contribution in [0.3, 0.4) is 0 Å². The minimum absolute atomic E-state index is 0.128. The van der Waals surface area contributed by atoms with Crippen LogP contribution in [0.1, 0.15) is 28.8 Å². The molecule has 3 N–H and O–H groups in total. The predicted molar refractivity (Wildman–Crippen MR) is 131 cm³/mol. The Morgan fingerprint density at radius 3 is 2.22 bits per heavy atom. The Morgan fingerprint density at radius 2 is 1.50 bits per heavy atom. The second kappa shape index (κ2) is 10.0. The van der Waals surface area contributed by atoms with E-state index in [-0.39, 0.29) is 18.4 Å². The minimum atomic E-state index is -0.166. The molecule has 0 saturated carbocycles. The quantitative estimate of drug-likeness (QED) is 0.501. The first kappa shape index (κ1) is 21.4. The van der Waals surface area contributed by atoms with Crippen LogP contribution in [0, 0.1) is 6.92 Å². The summed E-state index contributed by atoms with van der Waals surface area (Å²) < 4.78 is 0. The lowest BCUT2D eigenvalue weighted by molar-refractivity contribution is -0.114. The first-order valence-electron chi connectivity index (χ1n) is 10.9. The third kappa shape index (κ3) is 5.27. The maximum atomic E-state index is 12.5. The average molecular weight is 429 g/mol. The monoisotopic (exact) mass is 428 g/mol. The average Bonchev–Trinajstić information content (AvgIpc) is 3.36. The van der Waals surface area contributed by atoms with Gasteiger partial charge in [0.15, 0.2) is 0 Å². The van der Waals surface area contributed by atoms with Gasteiger partial charge in [0.25, 0.3) is 5.91 Å². The van der Waals surface area contributed by atoms with Crippen molar-refractivity contribution in [2.45, 2.75) is 19.8 Å². The normalized spacial score (nSPS) is 13.0. The number of hydrogen-bond acceptors (Lipinski definition) is 4. The molecular weight excluding hydrogens is 400 g/mol. The molecule has 4 rings (SSSR count). The van der Waals surface area contributed by atoms with Crippen molar-refractivity contribution in [3.63, 3.8) is 0 Å². The van der Waals surface area contributed by atoms with Crippen molar-refractivity contribution >= 4 is 34.6 Å². The second-order valence-electron chi connectivity index (χ2n) is 7.94. The maximum absolute atomic E-state index is 12.5. The minimum Gasteiger partial charge on any atom is -0.376 e. The van der Waals surface area contributed by atoms with Gasteiger partial charge >= 0.3 is 0 Å². The topological polar surface area (TPSA) is 73.5 Å². The molecule has 3 aromatic rings. The van der Waals surface area contributed by atoms with Gasteiger partial charge in [0.05, 0.1) is 6.54 Å². The fourth-order valence-corrected chi connectivity index (χ4v) is 3.86. The molecular formula is C26H28N4O2. The van der Waals surface area contributed by atoms with Crippen LogP contribution in [0.15, 0.2) is 72.8 Å². The molecule has 0 radical (unpaired) electrons. The molecule has 1 aliphatic rings. The van der Waals surface area contributed by atoms with Gasteiger partial charge in [-0.3, -0.25) is 9.59 Å². The Labute approximate surface area is 188 Å². The van der Waals surface area contributed by atoms with E-state index in [0.29, 0.717) is 11.3 Å². The summed E-state index contributed by atoms with van der Waals surface area (Å²) in [4.78, 5) is 27.2. The number of nitrogens with zero attached hydrogens (tertiary/aromatic N) is 1. The highest BCUT2D eigenvalue weighted by Gasteiger charge is 2.13. The number of carbonyl (C=O) groups excluding carboxylic acids is 2. The fourth-order valence-electron chi connectivity index (χ4n) is 3.86. The zero-order valence-electron chi connectivity index (χ0n) is 18.2. The molecule has 0 bridgehead atoms. The lowest BCUT2D eigenvalue weighted by atomic mass is 10.1. The smallest absolute Gasteiger partial charge is 0.255 e. The second-order valence-corrected chi connectivity index (χ2v) is 7.94. The van der Waals surface area contributed by atoms with Crippen LogP contribution in [0.4, 0.5) is 22.7 Å². The molecule has 6 nitrogen and oxygen atoms in total. The Hall–Kier alpha value is -3.80. The van der Waals surface area contributed by atoms with Gasteiger partial charge in [-0.2, -0.15) is 0 Å². The molecule has 1 saturated heterocycles. The van der Waals surface area contributed by atoms with Gasteiger partial charge in [-0.05, 0) is 73.9 Å². The highest BCUT2D eigenvalue weighted by Crippen LogP contribution is 2.24. The molecule has 3 aromatic carbocycles. The molecule has 0 aromatic heterocycles. The van der Waals surface area contributed by atoms with Crippen LogP contribution in [0.25, 0.3) is 0 Å². The molecule has 32 heavy (non-hydrogen) atoms. The van der Waals surface area contributed by atoms with Crippen LogP contribution in [-0.4, -0.2) is 31.4 Å². The van der Waals surface area contributed by atoms with Gasteiger partial charge < -0.3 is 20.9 Å². The third-order valence-electron chi connectivity index (χ3n) is 5.68. The number of rotatable bonds is 7. The van der Waals surface area contributed by atoms with Gasteiger partial charge in [0, 0.05) is 41.4 Å². The summed E-state index contributed by atoms with van der Waals surface area (Å²) in [6, 6.07) is 22.7. The first-order valence-corrected chi connectivity index (χ1v) is 10.9. The summed E-state index contributed by atoms with van der Waals surface area (Å²) in [7, 11) is 0. The van der Waals surface area contributed by atoms with Gasteiger partial charge in [0.1, 0.15) is 0 Å². The van der Waals surface area contributed by atoms with Crippen molar-refractivity contribution in [2.75, 3.05) is 40.5 Å². The SMILES string of the molecule is Cc1c(NCC(=O)Nc2ccc(N3CCCC3)cc2)cccc1NC(=O)c1ccccc1. The number of anilines is 4. The summed E-state index contributed by atoms with van der Waals surface area (Å²) in [5.41, 5.74) is 4.96. The molecule has 1 aliphatic heterocycles. The van der Waals surface area contributed by atoms with E-state index in [9.17, 15) is 9.59 Å². The van der Waals surface area contributed by atoms with E-state index in [1.54, 1.807) is 12.1 Å². The number of amides is 2. The summed E-state index contributed by atoms with van der Waals surface area (Å²) in [6.45, 7) is 4.24. The highest BCUT2D eigenvalue weighted by molar-refractivity contribution is 6.05. The maximum Gasteiger partial charge on any atom is 0.255 e. The molecule has 2 amide bonds. The summed E-state index contributed by atoms with van der Waals surface area (Å²) >= 11 is 0. The van der Waals surface area contributed by atoms with Crippen molar-refractivity contribution in [3.05, 3.63) is 83.9 Å². The van der Waals surface area contributed by atoms with Crippen LogP contribution in [0.2, 0.25) is 0 Å². The number of nitrogens with one attached hydrogen (secondary N) is 3. The first-order chi connectivity index (χ1) is 15.6. The van der Waals surface area contributed by atoms with Crippen molar-refractivity contribution in [1.29, 1.82) is 0 Å². The van der Waals surface area contributed by atoms with Crippen LogP contribution in [-0.2, 0) is 4.79 Å². The number of carbonyl (C=O) groups is 2. The molecule has 0 spiro atoms. The van der Waals surface area contributed by atoms with Crippen LogP contribution >= 0.6 is 0 Å². The Kier molecular flexibility index (Phi) is 6.70. The van der Waals surface area contributed by atoms with Crippen molar-refractivity contribution in [3.8, 4) is 0 Å². The molecule has 0 aliphatic carbocycles. The highest BCUT2D eigenvalue weighted by atomic mass is 16.2. The molecule has 1 heterocycles. The van der Waals surface area contributed by atoms with Gasteiger partial charge in [-0.1, -0.05) is 24.3 Å². The molecule has 6 heteroatoms. The lowest BCUT2D eigenvalue weighted by Crippen LogP contribution is -2.22. The zero-order chi connectivity index (χ0) is 22.3. The molecule has 0 unspecified atom stereocenters. The zero-order valence-corrected chi connectivity index (χ0v) is 18.2. The van der Waals surface area contributed by atoms with E-state index in [1.807, 2.05) is 55.5 Å². The van der Waals surface area contributed by atoms with E-state index < -0.39 is 0 Å². The summed E-state index contributed by atoms with van der Waals surface area (Å²) in [6.07, 6.45) is 2.47.